The second-order valence-corrected chi connectivity index (χ2v) is 9.45. The number of nitrogens with zero attached hydrogens (tertiary/aromatic N) is 2. The van der Waals surface area contributed by atoms with Gasteiger partial charge in [-0.05, 0) is 50.1 Å². The zero-order valence-electron chi connectivity index (χ0n) is 20.0. The highest BCUT2D eigenvalue weighted by atomic mass is 19.4. The van der Waals surface area contributed by atoms with Gasteiger partial charge in [0.2, 0.25) is 0 Å². The summed E-state index contributed by atoms with van der Waals surface area (Å²) in [6.07, 6.45) is -4.18. The minimum Gasteiger partial charge on any atom is -0.481 e. The number of carbonyl (C=O) groups is 1. The van der Waals surface area contributed by atoms with Crippen LogP contribution in [0.2, 0.25) is 0 Å². The zero-order chi connectivity index (χ0) is 25.6. The van der Waals surface area contributed by atoms with Crippen molar-refractivity contribution in [3.63, 3.8) is 0 Å². The molecule has 2 aromatic carbocycles. The van der Waals surface area contributed by atoms with E-state index in [4.69, 9.17) is 15.2 Å². The summed E-state index contributed by atoms with van der Waals surface area (Å²) in [5, 5.41) is 6.55. The maximum atomic E-state index is 13.3. The summed E-state index contributed by atoms with van der Waals surface area (Å²) in [4.78, 5) is 19.1. The number of nitrogen functional groups attached to an aromatic ring is 1. The Bertz CT molecular complexity index is 1210. The smallest absolute Gasteiger partial charge is 0.416 e. The zero-order valence-corrected chi connectivity index (χ0v) is 20.0. The molecule has 2 unspecified atom stereocenters. The van der Waals surface area contributed by atoms with Gasteiger partial charge in [-0.2, -0.15) is 13.2 Å². The van der Waals surface area contributed by atoms with Crippen molar-refractivity contribution in [3.05, 3.63) is 47.0 Å². The first-order valence-electron chi connectivity index (χ1n) is 11.8. The molecule has 192 valence electrons. The van der Waals surface area contributed by atoms with E-state index in [2.05, 4.69) is 15.6 Å². The van der Waals surface area contributed by atoms with Crippen LogP contribution in [0, 0.1) is 5.92 Å². The average Bonchev–Trinajstić information content (AvgIpc) is 3.32. The molecule has 3 atom stereocenters. The highest BCUT2D eigenvalue weighted by Crippen LogP contribution is 2.42. The van der Waals surface area contributed by atoms with Crippen LogP contribution in [0.25, 0.3) is 0 Å². The van der Waals surface area contributed by atoms with Gasteiger partial charge in [0.1, 0.15) is 11.9 Å². The molecule has 0 saturated carbocycles. The molecule has 5 rings (SSSR count). The van der Waals surface area contributed by atoms with Crippen LogP contribution < -0.4 is 26.0 Å². The molecule has 0 radical (unpaired) electrons. The molecule has 2 aromatic rings. The van der Waals surface area contributed by atoms with Crippen molar-refractivity contribution in [2.75, 3.05) is 42.3 Å². The molecule has 0 spiro atoms. The Morgan fingerprint density at radius 3 is 2.81 bits per heavy atom. The van der Waals surface area contributed by atoms with Crippen LogP contribution in [0.4, 0.5) is 30.2 Å². The summed E-state index contributed by atoms with van der Waals surface area (Å²) in [5.74, 6) is 1.35. The number of carbonyl (C=O) groups excluding carboxylic acids is 1. The first kappa shape index (κ1) is 24.4. The minimum absolute atomic E-state index is 0.0372. The van der Waals surface area contributed by atoms with Gasteiger partial charge in [0.05, 0.1) is 23.7 Å². The van der Waals surface area contributed by atoms with Crippen molar-refractivity contribution < 1.29 is 27.4 Å². The third-order valence-corrected chi connectivity index (χ3v) is 6.68. The fourth-order valence-corrected chi connectivity index (χ4v) is 4.82. The lowest BCUT2D eigenvalue weighted by Crippen LogP contribution is -2.42. The lowest BCUT2D eigenvalue weighted by molar-refractivity contribution is -0.137. The van der Waals surface area contributed by atoms with Gasteiger partial charge in [-0.1, -0.05) is 0 Å². The van der Waals surface area contributed by atoms with Crippen LogP contribution in [-0.4, -0.2) is 38.1 Å². The molecule has 3 aliphatic heterocycles. The summed E-state index contributed by atoms with van der Waals surface area (Å²) in [7, 11) is 0. The standard InChI is InChI=1S/C25H28F3N5O3/c1-13(16-5-17(25(26,27)28)7-18(29)6-16)30-24-19-8-21-22(9-20(19)31-14(2)32-24)36-12-23(34)33(21)10-15-3-4-35-11-15/h5-9,13,15,24,30H,3-4,10-12,29H2,1-2H3,(H,31,32)/t13-,15?,24?/m1/s1. The Balaban J connectivity index is 1.46. The Hall–Kier alpha value is -3.31. The predicted octanol–water partition coefficient (Wildman–Crippen LogP) is 4.24. The first-order chi connectivity index (χ1) is 17.1. The number of aliphatic imine (C=N–C) groups is 1. The van der Waals surface area contributed by atoms with Crippen molar-refractivity contribution in [1.29, 1.82) is 0 Å². The maximum Gasteiger partial charge on any atom is 0.416 e. The number of ether oxygens (including phenoxy) is 2. The first-order valence-corrected chi connectivity index (χ1v) is 11.8. The van der Waals surface area contributed by atoms with Gasteiger partial charge >= 0.3 is 6.18 Å². The van der Waals surface area contributed by atoms with Gasteiger partial charge in [-0.25, -0.2) is 4.99 Å². The number of nitrogens with one attached hydrogen (secondary N) is 2. The van der Waals surface area contributed by atoms with Gasteiger partial charge in [0.25, 0.3) is 5.91 Å². The second kappa shape index (κ2) is 9.29. The molecular weight excluding hydrogens is 475 g/mol. The van der Waals surface area contributed by atoms with Crippen LogP contribution in [0.1, 0.15) is 49.2 Å². The highest BCUT2D eigenvalue weighted by molar-refractivity contribution is 6.01. The van der Waals surface area contributed by atoms with E-state index in [1.807, 2.05) is 12.1 Å². The molecule has 0 aliphatic carbocycles. The largest absolute Gasteiger partial charge is 0.481 e. The number of amides is 1. The molecule has 0 bridgehead atoms. The van der Waals surface area contributed by atoms with E-state index in [1.165, 1.54) is 6.07 Å². The van der Waals surface area contributed by atoms with Crippen molar-refractivity contribution in [1.82, 2.24) is 5.32 Å². The van der Waals surface area contributed by atoms with Gasteiger partial charge in [0.15, 0.2) is 6.61 Å². The van der Waals surface area contributed by atoms with E-state index in [9.17, 15) is 18.0 Å². The lowest BCUT2D eigenvalue weighted by atomic mass is 10.0. The molecule has 1 amide bonds. The summed E-state index contributed by atoms with van der Waals surface area (Å²) >= 11 is 0. The molecule has 3 heterocycles. The Kier molecular flexibility index (Phi) is 6.29. The number of anilines is 3. The van der Waals surface area contributed by atoms with Gasteiger partial charge in [0, 0.05) is 48.1 Å². The van der Waals surface area contributed by atoms with E-state index in [0.717, 1.165) is 29.8 Å². The number of fused-ring (bicyclic) bond motifs is 2. The number of hydrogen-bond donors (Lipinski definition) is 3. The summed E-state index contributed by atoms with van der Waals surface area (Å²) in [5.41, 5.74) is 7.58. The summed E-state index contributed by atoms with van der Waals surface area (Å²) in [6.45, 7) is 5.35. The van der Waals surface area contributed by atoms with Crippen molar-refractivity contribution in [2.45, 2.75) is 38.7 Å². The van der Waals surface area contributed by atoms with Crippen molar-refractivity contribution in [3.8, 4) is 5.75 Å². The van der Waals surface area contributed by atoms with Crippen LogP contribution in [0.15, 0.2) is 35.3 Å². The third-order valence-electron chi connectivity index (χ3n) is 6.68. The van der Waals surface area contributed by atoms with Crippen LogP contribution >= 0.6 is 0 Å². The quantitative estimate of drug-likeness (QED) is 0.528. The molecule has 4 N–H and O–H groups in total. The molecule has 0 aromatic heterocycles. The SMILES string of the molecule is CC1=NC(N[C@H](C)c2cc(N)cc(C(F)(F)F)c2)c2cc3c(cc2N1)OCC(=O)N3CC1CCOC1. The van der Waals surface area contributed by atoms with E-state index in [1.54, 1.807) is 18.7 Å². The maximum absolute atomic E-state index is 13.3. The average molecular weight is 504 g/mol. The van der Waals surface area contributed by atoms with Gasteiger partial charge < -0.3 is 25.4 Å². The summed E-state index contributed by atoms with van der Waals surface area (Å²) < 4.78 is 51.2. The fourth-order valence-electron chi connectivity index (χ4n) is 4.82. The van der Waals surface area contributed by atoms with Gasteiger partial charge in [-0.15, -0.1) is 0 Å². The number of hydrogen-bond acceptors (Lipinski definition) is 7. The topological polar surface area (TPSA) is 101 Å². The number of rotatable bonds is 5. The van der Waals surface area contributed by atoms with Crippen molar-refractivity contribution in [2.24, 2.45) is 10.9 Å². The van der Waals surface area contributed by atoms with E-state index in [-0.39, 0.29) is 24.1 Å². The van der Waals surface area contributed by atoms with E-state index >= 15 is 0 Å². The molecule has 3 aliphatic rings. The van der Waals surface area contributed by atoms with Crippen LogP contribution in [-0.2, 0) is 15.7 Å². The fraction of sp³-hybridized carbons (Fsp3) is 0.440. The van der Waals surface area contributed by atoms with Gasteiger partial charge in [-0.3, -0.25) is 10.1 Å². The summed E-state index contributed by atoms with van der Waals surface area (Å²) in [6, 6.07) is 6.75. The molecule has 11 heteroatoms. The number of nitrogens with two attached hydrogens (primary N) is 1. The number of alkyl halides is 3. The number of amidine groups is 1. The molecular formula is C25H28F3N5O3. The molecule has 1 saturated heterocycles. The molecule has 1 fully saturated rings. The highest BCUT2D eigenvalue weighted by Gasteiger charge is 2.34. The molecule has 8 nitrogen and oxygen atoms in total. The normalized spacial score (nSPS) is 22.3. The minimum atomic E-state index is -4.50. The monoisotopic (exact) mass is 503 g/mol. The Morgan fingerprint density at radius 1 is 1.28 bits per heavy atom. The Labute approximate surface area is 206 Å². The van der Waals surface area contributed by atoms with Crippen LogP contribution in [0.5, 0.6) is 5.75 Å². The van der Waals surface area contributed by atoms with Crippen molar-refractivity contribution >= 4 is 28.8 Å². The Morgan fingerprint density at radius 2 is 2.08 bits per heavy atom. The lowest BCUT2D eigenvalue weighted by Gasteiger charge is -2.34. The predicted molar refractivity (Wildman–Crippen MR) is 130 cm³/mol. The van der Waals surface area contributed by atoms with E-state index < -0.39 is 23.9 Å². The number of benzene rings is 2. The molecule has 36 heavy (non-hydrogen) atoms. The van der Waals surface area contributed by atoms with E-state index in [0.29, 0.717) is 42.6 Å². The second-order valence-electron chi connectivity index (χ2n) is 9.45. The third kappa shape index (κ3) is 4.85. The number of halogens is 3. The van der Waals surface area contributed by atoms with Crippen LogP contribution in [0.3, 0.4) is 0 Å².